The maximum atomic E-state index is 6.76. The summed E-state index contributed by atoms with van der Waals surface area (Å²) in [5.41, 5.74) is 10.3. The molecule has 214 valence electrons. The summed E-state index contributed by atoms with van der Waals surface area (Å²) in [5, 5.41) is 7.44. The number of thiophene rings is 1. The lowest BCUT2D eigenvalue weighted by molar-refractivity contribution is 0.525. The summed E-state index contributed by atoms with van der Waals surface area (Å²) in [6.45, 7) is 0. The molecule has 11 rings (SSSR count). The van der Waals surface area contributed by atoms with Crippen molar-refractivity contribution in [3.63, 3.8) is 0 Å². The lowest BCUT2D eigenvalue weighted by Gasteiger charge is -2.13. The Kier molecular flexibility index (Phi) is 4.78. The summed E-state index contributed by atoms with van der Waals surface area (Å²) < 4.78 is 11.7. The SMILES string of the molecule is c1ccc2c3c(ccc2c1)C(c1nc2c(ccc4sc5ccccc5c42)o1)c1cc(-n2c4ccccc4c4ccccc42)ccc1-3. The molecule has 1 aliphatic carbocycles. The van der Waals surface area contributed by atoms with Gasteiger partial charge in [0, 0.05) is 36.6 Å². The first-order valence-corrected chi connectivity index (χ1v) is 16.5. The molecule has 0 N–H and O–H groups in total. The zero-order valence-corrected chi connectivity index (χ0v) is 25.4. The van der Waals surface area contributed by atoms with Gasteiger partial charge in [-0.05, 0) is 75.5 Å². The highest BCUT2D eigenvalue weighted by Crippen LogP contribution is 2.52. The minimum absolute atomic E-state index is 0.130. The Balaban J connectivity index is 1.21. The second-order valence-corrected chi connectivity index (χ2v) is 13.3. The van der Waals surface area contributed by atoms with Crippen LogP contribution >= 0.6 is 11.3 Å². The Morgan fingerprint density at radius 2 is 1.30 bits per heavy atom. The van der Waals surface area contributed by atoms with Crippen molar-refractivity contribution in [3.8, 4) is 16.8 Å². The Bertz CT molecular complexity index is 2830. The third kappa shape index (κ3) is 3.19. The van der Waals surface area contributed by atoms with Gasteiger partial charge < -0.3 is 8.98 Å². The molecule has 0 saturated carbocycles. The summed E-state index contributed by atoms with van der Waals surface area (Å²) in [5.74, 6) is 0.613. The zero-order chi connectivity index (χ0) is 29.9. The van der Waals surface area contributed by atoms with Crippen molar-refractivity contribution in [2.45, 2.75) is 5.92 Å². The van der Waals surface area contributed by atoms with E-state index in [-0.39, 0.29) is 5.92 Å². The van der Waals surface area contributed by atoms with E-state index in [1.807, 2.05) is 11.3 Å². The molecule has 46 heavy (non-hydrogen) atoms. The molecule has 1 atom stereocenters. The summed E-state index contributed by atoms with van der Waals surface area (Å²) in [6.07, 6.45) is 0. The second kappa shape index (κ2) is 8.94. The van der Waals surface area contributed by atoms with E-state index in [2.05, 4.69) is 144 Å². The number of nitrogens with zero attached hydrogens (tertiary/aromatic N) is 2. The molecule has 4 heteroatoms. The van der Waals surface area contributed by atoms with Crippen LogP contribution in [0.4, 0.5) is 0 Å². The maximum absolute atomic E-state index is 6.76. The topological polar surface area (TPSA) is 31.0 Å². The molecule has 10 aromatic rings. The van der Waals surface area contributed by atoms with E-state index in [4.69, 9.17) is 9.40 Å². The van der Waals surface area contributed by atoms with Gasteiger partial charge in [0.25, 0.3) is 0 Å². The third-order valence-electron chi connectivity index (χ3n) is 9.89. The Labute approximate surface area is 267 Å². The van der Waals surface area contributed by atoms with Gasteiger partial charge in [-0.25, -0.2) is 4.98 Å². The highest BCUT2D eigenvalue weighted by atomic mass is 32.1. The van der Waals surface area contributed by atoms with Crippen LogP contribution in [0.3, 0.4) is 0 Å². The van der Waals surface area contributed by atoms with E-state index < -0.39 is 0 Å². The van der Waals surface area contributed by atoms with Crippen LogP contribution in [0.5, 0.6) is 0 Å². The van der Waals surface area contributed by atoms with Crippen LogP contribution in [0.15, 0.2) is 144 Å². The molecule has 0 bridgehead atoms. The first-order valence-electron chi connectivity index (χ1n) is 15.7. The monoisotopic (exact) mass is 604 g/mol. The van der Waals surface area contributed by atoms with Gasteiger partial charge in [0.05, 0.1) is 17.0 Å². The van der Waals surface area contributed by atoms with E-state index in [9.17, 15) is 0 Å². The predicted octanol–water partition coefficient (Wildman–Crippen LogP) is 11.6. The fourth-order valence-corrected chi connectivity index (χ4v) is 9.07. The average Bonchev–Trinajstić information content (AvgIpc) is 3.86. The molecule has 3 heterocycles. The lowest BCUT2D eigenvalue weighted by Crippen LogP contribution is -2.01. The maximum Gasteiger partial charge on any atom is 0.207 e. The van der Waals surface area contributed by atoms with Crippen molar-refractivity contribution in [3.05, 3.63) is 157 Å². The van der Waals surface area contributed by atoms with Gasteiger partial charge in [0.2, 0.25) is 5.89 Å². The zero-order valence-electron chi connectivity index (χ0n) is 24.6. The molecular weight excluding hydrogens is 581 g/mol. The normalized spacial score (nSPS) is 14.3. The number of hydrogen-bond donors (Lipinski definition) is 0. The van der Waals surface area contributed by atoms with Crippen molar-refractivity contribution >= 4 is 75.2 Å². The van der Waals surface area contributed by atoms with Crippen LogP contribution in [0.25, 0.3) is 80.7 Å². The van der Waals surface area contributed by atoms with Crippen molar-refractivity contribution in [1.29, 1.82) is 0 Å². The first kappa shape index (κ1) is 24.6. The average molecular weight is 605 g/mol. The fraction of sp³-hybridized carbons (Fsp3) is 0.0238. The van der Waals surface area contributed by atoms with Crippen LogP contribution in [-0.4, -0.2) is 9.55 Å². The quantitative estimate of drug-likeness (QED) is 0.197. The summed E-state index contributed by atoms with van der Waals surface area (Å²) in [6, 6.07) is 50.5. The summed E-state index contributed by atoms with van der Waals surface area (Å²) in [4.78, 5) is 5.35. The van der Waals surface area contributed by atoms with Gasteiger partial charge in [0.1, 0.15) is 5.52 Å². The number of fused-ring (bicyclic) bond motifs is 13. The molecule has 0 saturated heterocycles. The van der Waals surface area contributed by atoms with Crippen molar-refractivity contribution < 1.29 is 4.42 Å². The fourth-order valence-electron chi connectivity index (χ4n) is 7.96. The van der Waals surface area contributed by atoms with Crippen molar-refractivity contribution in [2.24, 2.45) is 0 Å². The third-order valence-corrected chi connectivity index (χ3v) is 11.0. The van der Waals surface area contributed by atoms with Gasteiger partial charge in [-0.3, -0.25) is 0 Å². The van der Waals surface area contributed by atoms with E-state index in [0.29, 0.717) is 0 Å². The smallest absolute Gasteiger partial charge is 0.207 e. The summed E-state index contributed by atoms with van der Waals surface area (Å²) in [7, 11) is 0. The molecule has 1 aliphatic rings. The van der Waals surface area contributed by atoms with Crippen LogP contribution in [-0.2, 0) is 0 Å². The largest absolute Gasteiger partial charge is 0.440 e. The van der Waals surface area contributed by atoms with Gasteiger partial charge in [-0.2, -0.15) is 0 Å². The van der Waals surface area contributed by atoms with Crippen LogP contribution < -0.4 is 0 Å². The molecule has 3 aromatic heterocycles. The molecule has 0 radical (unpaired) electrons. The van der Waals surface area contributed by atoms with Crippen molar-refractivity contribution in [2.75, 3.05) is 0 Å². The predicted molar refractivity (Wildman–Crippen MR) is 192 cm³/mol. The number of hydrogen-bond acceptors (Lipinski definition) is 3. The molecule has 7 aromatic carbocycles. The molecule has 0 amide bonds. The highest BCUT2D eigenvalue weighted by Gasteiger charge is 2.35. The minimum Gasteiger partial charge on any atom is -0.440 e. The molecule has 0 aliphatic heterocycles. The Hall–Kier alpha value is -5.71. The lowest BCUT2D eigenvalue weighted by atomic mass is 9.94. The number of para-hydroxylation sites is 2. The number of aromatic nitrogens is 2. The van der Waals surface area contributed by atoms with Gasteiger partial charge >= 0.3 is 0 Å². The van der Waals surface area contributed by atoms with E-state index in [1.165, 1.54) is 75.0 Å². The number of oxazole rings is 1. The van der Waals surface area contributed by atoms with Gasteiger partial charge in [-0.1, -0.05) is 97.1 Å². The van der Waals surface area contributed by atoms with Gasteiger partial charge in [-0.15, -0.1) is 11.3 Å². The Morgan fingerprint density at radius 1 is 0.587 bits per heavy atom. The number of rotatable bonds is 2. The second-order valence-electron chi connectivity index (χ2n) is 12.3. The number of benzene rings is 7. The Morgan fingerprint density at radius 3 is 2.13 bits per heavy atom. The first-order chi connectivity index (χ1) is 22.8. The van der Waals surface area contributed by atoms with Gasteiger partial charge in [0.15, 0.2) is 5.58 Å². The molecule has 0 fully saturated rings. The summed E-state index contributed by atoms with van der Waals surface area (Å²) >= 11 is 1.81. The van der Waals surface area contributed by atoms with Crippen LogP contribution in [0.2, 0.25) is 0 Å². The minimum atomic E-state index is -0.130. The highest BCUT2D eigenvalue weighted by molar-refractivity contribution is 7.26. The molecule has 0 spiro atoms. The van der Waals surface area contributed by atoms with Crippen molar-refractivity contribution in [1.82, 2.24) is 9.55 Å². The van der Waals surface area contributed by atoms with E-state index in [1.54, 1.807) is 0 Å². The standard InChI is InChI=1S/C42H24N2OS/c1-2-10-26-24(9-1)17-19-31-38(26)29-20-18-25(44-33-14-6-3-11-27(33)28-12-4-7-15-34(28)44)23-32(29)39(31)42-43-41-35(45-42)21-22-37-40(41)30-13-5-8-16-36(30)46-37/h1-23,39H. The molecule has 3 nitrogen and oxygen atoms in total. The molecule has 1 unspecified atom stereocenters. The molecular formula is C42H24N2OS. The van der Waals surface area contributed by atoms with E-state index in [0.717, 1.165) is 22.7 Å². The van der Waals surface area contributed by atoms with Crippen LogP contribution in [0.1, 0.15) is 22.9 Å². The van der Waals surface area contributed by atoms with Crippen LogP contribution in [0, 0.1) is 0 Å². The van der Waals surface area contributed by atoms with E-state index >= 15 is 0 Å².